The first kappa shape index (κ1) is 23.2. The second-order valence-electron chi connectivity index (χ2n) is 8.05. The van der Waals surface area contributed by atoms with Crippen LogP contribution in [0, 0.1) is 0 Å². The predicted molar refractivity (Wildman–Crippen MR) is 125 cm³/mol. The van der Waals surface area contributed by atoms with Crippen molar-refractivity contribution in [1.82, 2.24) is 5.32 Å². The number of nitrogens with one attached hydrogen (secondary N) is 1. The van der Waals surface area contributed by atoms with Gasteiger partial charge < -0.3 is 5.32 Å². The third kappa shape index (κ3) is 10.9. The van der Waals surface area contributed by atoms with Gasteiger partial charge in [-0.2, -0.15) is 0 Å². The van der Waals surface area contributed by atoms with E-state index < -0.39 is 0 Å². The molecule has 0 spiro atoms. The van der Waals surface area contributed by atoms with E-state index in [1.54, 1.807) is 0 Å². The maximum atomic E-state index is 12.1. The molecule has 0 saturated heterocycles. The first-order valence-electron chi connectivity index (χ1n) is 11.6. The number of amides is 1. The van der Waals surface area contributed by atoms with Gasteiger partial charge in [0.25, 0.3) is 0 Å². The molecule has 1 aliphatic rings. The Kier molecular flexibility index (Phi) is 11.9. The van der Waals surface area contributed by atoms with E-state index in [0.717, 1.165) is 38.5 Å². The number of benzene rings is 1. The van der Waals surface area contributed by atoms with Gasteiger partial charge in [0.2, 0.25) is 5.91 Å². The lowest BCUT2D eigenvalue weighted by Crippen LogP contribution is -2.26. The van der Waals surface area contributed by atoms with Crippen molar-refractivity contribution >= 4 is 5.91 Å². The highest BCUT2D eigenvalue weighted by Gasteiger charge is 2.39. The van der Waals surface area contributed by atoms with Crippen molar-refractivity contribution in [2.75, 3.05) is 0 Å². The molecule has 2 unspecified atom stereocenters. The van der Waals surface area contributed by atoms with Crippen molar-refractivity contribution in [3.63, 3.8) is 0 Å². The van der Waals surface area contributed by atoms with E-state index in [1.165, 1.54) is 31.2 Å². The van der Waals surface area contributed by atoms with Crippen molar-refractivity contribution in [2.45, 2.75) is 89.5 Å². The van der Waals surface area contributed by atoms with Gasteiger partial charge in [0.05, 0.1) is 0 Å². The van der Waals surface area contributed by atoms with Gasteiger partial charge in [0, 0.05) is 18.4 Å². The molecule has 0 bridgehead atoms. The average Bonchev–Trinajstić information content (AvgIpc) is 3.50. The minimum absolute atomic E-state index is 0.211. The van der Waals surface area contributed by atoms with Crippen molar-refractivity contribution < 1.29 is 4.79 Å². The van der Waals surface area contributed by atoms with Crippen LogP contribution in [0.5, 0.6) is 0 Å². The summed E-state index contributed by atoms with van der Waals surface area (Å²) in [6.07, 6.45) is 25.6. The second-order valence-corrected chi connectivity index (χ2v) is 8.05. The molecular formula is C27H39NO. The molecule has 2 atom stereocenters. The predicted octanol–water partition coefficient (Wildman–Crippen LogP) is 7.25. The molecule has 1 N–H and O–H groups in total. The van der Waals surface area contributed by atoms with E-state index in [-0.39, 0.29) is 5.91 Å². The molecule has 0 radical (unpaired) electrons. The summed E-state index contributed by atoms with van der Waals surface area (Å²) in [5.74, 6) is 0.732. The first-order chi connectivity index (χ1) is 14.3. The number of carbonyl (C=O) groups is 1. The fourth-order valence-electron chi connectivity index (χ4n) is 3.54. The zero-order valence-corrected chi connectivity index (χ0v) is 18.2. The smallest absolute Gasteiger partial charge is 0.220 e. The lowest BCUT2D eigenvalue weighted by atomic mass is 10.1. The zero-order valence-electron chi connectivity index (χ0n) is 18.2. The van der Waals surface area contributed by atoms with Gasteiger partial charge in [-0.05, 0) is 56.9 Å². The van der Waals surface area contributed by atoms with Crippen LogP contribution in [-0.4, -0.2) is 11.9 Å². The third-order valence-corrected chi connectivity index (χ3v) is 5.41. The van der Waals surface area contributed by atoms with Crippen LogP contribution < -0.4 is 5.32 Å². The van der Waals surface area contributed by atoms with Gasteiger partial charge in [-0.1, -0.05) is 86.6 Å². The Labute approximate surface area is 178 Å². The molecule has 0 aliphatic heterocycles. The molecular weight excluding hydrogens is 354 g/mol. The number of rotatable bonds is 15. The second kappa shape index (κ2) is 14.8. The minimum Gasteiger partial charge on any atom is -0.353 e. The Balaban J connectivity index is 1.41. The van der Waals surface area contributed by atoms with Gasteiger partial charge in [-0.3, -0.25) is 4.79 Å². The SMILES string of the molecule is CCCCC/C=C\C/C=C\C/C=C\CCCCC(=O)NC1CC1c1ccccc1. The van der Waals surface area contributed by atoms with Crippen LogP contribution in [0.1, 0.15) is 89.0 Å². The van der Waals surface area contributed by atoms with Crippen LogP contribution in [-0.2, 0) is 4.79 Å². The monoisotopic (exact) mass is 393 g/mol. The van der Waals surface area contributed by atoms with Crippen LogP contribution in [0.3, 0.4) is 0 Å². The number of allylic oxidation sites excluding steroid dienone is 6. The molecule has 0 heterocycles. The molecule has 1 amide bonds. The normalized spacial score (nSPS) is 18.8. The van der Waals surface area contributed by atoms with Gasteiger partial charge in [0.15, 0.2) is 0 Å². The number of hydrogen-bond donors (Lipinski definition) is 1. The summed E-state index contributed by atoms with van der Waals surface area (Å²) in [4.78, 5) is 12.1. The Hall–Kier alpha value is -2.09. The Morgan fingerprint density at radius 2 is 1.52 bits per heavy atom. The molecule has 2 heteroatoms. The van der Waals surface area contributed by atoms with E-state index in [4.69, 9.17) is 0 Å². The van der Waals surface area contributed by atoms with Crippen molar-refractivity contribution in [2.24, 2.45) is 0 Å². The van der Waals surface area contributed by atoms with Crippen LogP contribution in [0.4, 0.5) is 0 Å². The Morgan fingerprint density at radius 3 is 2.17 bits per heavy atom. The lowest BCUT2D eigenvalue weighted by Gasteiger charge is -2.04. The molecule has 1 saturated carbocycles. The zero-order chi connectivity index (χ0) is 20.6. The first-order valence-corrected chi connectivity index (χ1v) is 11.6. The topological polar surface area (TPSA) is 29.1 Å². The molecule has 29 heavy (non-hydrogen) atoms. The maximum absolute atomic E-state index is 12.1. The summed E-state index contributed by atoms with van der Waals surface area (Å²) in [6, 6.07) is 10.8. The van der Waals surface area contributed by atoms with Crippen LogP contribution in [0.25, 0.3) is 0 Å². The molecule has 1 fully saturated rings. The van der Waals surface area contributed by atoms with E-state index in [1.807, 2.05) is 6.07 Å². The van der Waals surface area contributed by atoms with Gasteiger partial charge in [0.1, 0.15) is 0 Å². The molecule has 0 aromatic heterocycles. The van der Waals surface area contributed by atoms with E-state index in [9.17, 15) is 4.79 Å². The number of hydrogen-bond acceptors (Lipinski definition) is 1. The summed E-state index contributed by atoms with van der Waals surface area (Å²) in [5.41, 5.74) is 1.35. The molecule has 1 aromatic carbocycles. The van der Waals surface area contributed by atoms with Crippen molar-refractivity contribution in [1.29, 1.82) is 0 Å². The van der Waals surface area contributed by atoms with Gasteiger partial charge >= 0.3 is 0 Å². The van der Waals surface area contributed by atoms with E-state index in [0.29, 0.717) is 18.4 Å². The highest BCUT2D eigenvalue weighted by Crippen LogP contribution is 2.40. The summed E-state index contributed by atoms with van der Waals surface area (Å²) in [6.45, 7) is 2.24. The molecule has 1 aromatic rings. The summed E-state index contributed by atoms with van der Waals surface area (Å²) in [7, 11) is 0. The highest BCUT2D eigenvalue weighted by molar-refractivity contribution is 5.76. The van der Waals surface area contributed by atoms with E-state index in [2.05, 4.69) is 73.0 Å². The quantitative estimate of drug-likeness (QED) is 0.247. The summed E-state index contributed by atoms with van der Waals surface area (Å²) >= 11 is 0. The molecule has 2 rings (SSSR count). The maximum Gasteiger partial charge on any atom is 0.220 e. The third-order valence-electron chi connectivity index (χ3n) is 5.41. The highest BCUT2D eigenvalue weighted by atomic mass is 16.1. The fraction of sp³-hybridized carbons (Fsp3) is 0.519. The Morgan fingerprint density at radius 1 is 0.897 bits per heavy atom. The minimum atomic E-state index is 0.211. The van der Waals surface area contributed by atoms with Crippen LogP contribution >= 0.6 is 0 Å². The largest absolute Gasteiger partial charge is 0.353 e. The molecule has 2 nitrogen and oxygen atoms in total. The number of carbonyl (C=O) groups excluding carboxylic acids is 1. The fourth-order valence-corrected chi connectivity index (χ4v) is 3.54. The summed E-state index contributed by atoms with van der Waals surface area (Å²) in [5, 5.41) is 3.18. The molecule has 158 valence electrons. The van der Waals surface area contributed by atoms with Crippen molar-refractivity contribution in [3.05, 3.63) is 72.4 Å². The van der Waals surface area contributed by atoms with E-state index >= 15 is 0 Å². The van der Waals surface area contributed by atoms with Gasteiger partial charge in [-0.25, -0.2) is 0 Å². The molecule has 1 aliphatic carbocycles. The Bertz CT molecular complexity index is 644. The summed E-state index contributed by atoms with van der Waals surface area (Å²) < 4.78 is 0. The number of unbranched alkanes of at least 4 members (excludes halogenated alkanes) is 5. The lowest BCUT2D eigenvalue weighted by molar-refractivity contribution is -0.121. The average molecular weight is 394 g/mol. The van der Waals surface area contributed by atoms with Crippen LogP contribution in [0.15, 0.2) is 66.8 Å². The van der Waals surface area contributed by atoms with Crippen molar-refractivity contribution in [3.8, 4) is 0 Å². The van der Waals surface area contributed by atoms with Gasteiger partial charge in [-0.15, -0.1) is 0 Å². The van der Waals surface area contributed by atoms with Crippen LogP contribution in [0.2, 0.25) is 0 Å². The standard InChI is InChI=1S/C27H39NO/c1-2-3-4-5-6-7-8-9-10-11-12-13-14-15-19-22-27(29)28-26-23-25(26)24-20-17-16-18-21-24/h6-7,9-10,12-13,16-18,20-21,25-26H,2-5,8,11,14-15,19,22-23H2,1H3,(H,28,29)/b7-6-,10-9-,13-12-.